The molecule has 7 heteroatoms. The molecule has 2 N–H and O–H groups in total. The number of hydrogen-bond acceptors (Lipinski definition) is 4. The Kier molecular flexibility index (Phi) is 4.06. The summed E-state index contributed by atoms with van der Waals surface area (Å²) in [7, 11) is 1.82. The lowest BCUT2D eigenvalue weighted by Gasteiger charge is -2.08. The molecule has 0 saturated heterocycles. The van der Waals surface area contributed by atoms with Crippen LogP contribution in [0.25, 0.3) is 22.2 Å². The van der Waals surface area contributed by atoms with Crippen LogP contribution in [-0.2, 0) is 7.05 Å². The van der Waals surface area contributed by atoms with Crippen molar-refractivity contribution in [2.75, 3.05) is 5.32 Å². The summed E-state index contributed by atoms with van der Waals surface area (Å²) in [5, 5.41) is 11.9. The molecule has 0 radical (unpaired) electrons. The second-order valence-corrected chi connectivity index (χ2v) is 6.28. The summed E-state index contributed by atoms with van der Waals surface area (Å²) >= 11 is 5.13. The molecule has 0 aliphatic heterocycles. The predicted molar refractivity (Wildman–Crippen MR) is 104 cm³/mol. The number of anilines is 1. The second kappa shape index (κ2) is 6.53. The molecule has 2 aromatic heterocycles. The van der Waals surface area contributed by atoms with Gasteiger partial charge in [-0.15, -0.1) is 0 Å². The van der Waals surface area contributed by atoms with Crippen LogP contribution in [0.1, 0.15) is 10.4 Å². The highest BCUT2D eigenvalue weighted by Gasteiger charge is 2.10. The van der Waals surface area contributed by atoms with E-state index in [-0.39, 0.29) is 5.91 Å². The van der Waals surface area contributed by atoms with E-state index in [1.807, 2.05) is 55.6 Å². The monoisotopic (exact) mass is 361 g/mol. The van der Waals surface area contributed by atoms with Crippen LogP contribution in [0.5, 0.6) is 0 Å². The van der Waals surface area contributed by atoms with E-state index >= 15 is 0 Å². The van der Waals surface area contributed by atoms with Gasteiger partial charge in [-0.2, -0.15) is 5.10 Å². The quantitative estimate of drug-likeness (QED) is 0.542. The minimum atomic E-state index is -0.190. The van der Waals surface area contributed by atoms with Gasteiger partial charge < -0.3 is 9.88 Å². The largest absolute Gasteiger partial charge is 0.321 e. The van der Waals surface area contributed by atoms with E-state index in [0.717, 1.165) is 16.3 Å². The normalized spacial score (nSPS) is 10.8. The Labute approximate surface area is 154 Å². The van der Waals surface area contributed by atoms with Gasteiger partial charge in [0.15, 0.2) is 10.6 Å². The van der Waals surface area contributed by atoms with Crippen LogP contribution in [0.4, 0.5) is 5.69 Å². The standard InChI is InChI=1S/C19H15N5OS/c1-24-17(22-23-19(24)26)15-9-16(11-20-10-15)21-18(25)14-7-6-12-4-2-3-5-13(12)8-14/h2-11H,1H3,(H,21,25)(H,23,26). The van der Waals surface area contributed by atoms with Crippen molar-refractivity contribution in [3.8, 4) is 11.4 Å². The van der Waals surface area contributed by atoms with E-state index in [2.05, 4.69) is 20.5 Å². The Morgan fingerprint density at radius 1 is 1.12 bits per heavy atom. The number of carbonyl (C=O) groups is 1. The Morgan fingerprint density at radius 3 is 2.69 bits per heavy atom. The molecule has 4 rings (SSSR count). The number of pyridine rings is 1. The lowest BCUT2D eigenvalue weighted by molar-refractivity contribution is 0.102. The topological polar surface area (TPSA) is 75.6 Å². The molecule has 0 bridgehead atoms. The van der Waals surface area contributed by atoms with Crippen LogP contribution in [0, 0.1) is 4.77 Å². The van der Waals surface area contributed by atoms with E-state index < -0.39 is 0 Å². The van der Waals surface area contributed by atoms with Crippen LogP contribution in [0.3, 0.4) is 0 Å². The van der Waals surface area contributed by atoms with Gasteiger partial charge in [-0.05, 0) is 41.2 Å². The molecule has 0 aliphatic rings. The predicted octanol–water partition coefficient (Wildman–Crippen LogP) is 3.95. The molecule has 0 aliphatic carbocycles. The third-order valence-electron chi connectivity index (χ3n) is 4.15. The van der Waals surface area contributed by atoms with E-state index in [9.17, 15) is 4.79 Å². The summed E-state index contributed by atoms with van der Waals surface area (Å²) in [6.45, 7) is 0. The summed E-state index contributed by atoms with van der Waals surface area (Å²) in [5.41, 5.74) is 1.94. The number of nitrogens with one attached hydrogen (secondary N) is 2. The minimum absolute atomic E-state index is 0.190. The van der Waals surface area contributed by atoms with Crippen LogP contribution >= 0.6 is 12.2 Å². The van der Waals surface area contributed by atoms with Crippen LogP contribution in [0.2, 0.25) is 0 Å². The number of nitrogens with zero attached hydrogens (tertiary/aromatic N) is 3. The first-order valence-corrected chi connectivity index (χ1v) is 8.39. The lowest BCUT2D eigenvalue weighted by Crippen LogP contribution is -2.12. The maximum atomic E-state index is 12.6. The number of fused-ring (bicyclic) bond motifs is 1. The highest BCUT2D eigenvalue weighted by molar-refractivity contribution is 7.71. The Bertz CT molecular complexity index is 1180. The van der Waals surface area contributed by atoms with Crippen molar-refractivity contribution in [2.24, 2.45) is 7.05 Å². The van der Waals surface area contributed by atoms with Gasteiger partial charge in [-0.1, -0.05) is 30.3 Å². The van der Waals surface area contributed by atoms with Crippen molar-refractivity contribution in [2.45, 2.75) is 0 Å². The fourth-order valence-electron chi connectivity index (χ4n) is 2.77. The number of carbonyl (C=O) groups excluding carboxylic acids is 1. The number of H-pyrrole nitrogens is 1. The summed E-state index contributed by atoms with van der Waals surface area (Å²) in [6, 6.07) is 15.4. The average Bonchev–Trinajstić information content (AvgIpc) is 3.00. The van der Waals surface area contributed by atoms with Crippen molar-refractivity contribution in [3.05, 3.63) is 71.3 Å². The molecule has 0 atom stereocenters. The van der Waals surface area contributed by atoms with Gasteiger partial charge in [0, 0.05) is 24.4 Å². The molecule has 0 spiro atoms. The third kappa shape index (κ3) is 3.00. The van der Waals surface area contributed by atoms with Gasteiger partial charge in [0.05, 0.1) is 11.9 Å². The number of rotatable bonds is 3. The van der Waals surface area contributed by atoms with Gasteiger partial charge in [0.1, 0.15) is 0 Å². The number of benzene rings is 2. The molecule has 4 aromatic rings. The first kappa shape index (κ1) is 16.2. The highest BCUT2D eigenvalue weighted by atomic mass is 32.1. The van der Waals surface area contributed by atoms with Gasteiger partial charge >= 0.3 is 0 Å². The maximum Gasteiger partial charge on any atom is 0.255 e. The molecule has 0 unspecified atom stereocenters. The zero-order valence-corrected chi connectivity index (χ0v) is 14.7. The van der Waals surface area contributed by atoms with Crippen molar-refractivity contribution < 1.29 is 4.79 Å². The summed E-state index contributed by atoms with van der Waals surface area (Å²) in [4.78, 5) is 16.8. The fraction of sp³-hybridized carbons (Fsp3) is 0.0526. The number of aromatic amines is 1. The van der Waals surface area contributed by atoms with E-state index in [4.69, 9.17) is 12.2 Å². The SMILES string of the molecule is Cn1c(-c2cncc(NC(=O)c3ccc4ccccc4c3)c2)n[nH]c1=S. The van der Waals surface area contributed by atoms with E-state index in [0.29, 0.717) is 21.8 Å². The zero-order valence-electron chi connectivity index (χ0n) is 13.9. The summed E-state index contributed by atoms with van der Waals surface area (Å²) < 4.78 is 2.27. The second-order valence-electron chi connectivity index (χ2n) is 5.89. The van der Waals surface area contributed by atoms with Crippen molar-refractivity contribution in [3.63, 3.8) is 0 Å². The zero-order chi connectivity index (χ0) is 18.1. The maximum absolute atomic E-state index is 12.6. The third-order valence-corrected chi connectivity index (χ3v) is 4.51. The highest BCUT2D eigenvalue weighted by Crippen LogP contribution is 2.20. The Morgan fingerprint density at radius 2 is 1.92 bits per heavy atom. The molecule has 0 fully saturated rings. The molecule has 2 aromatic carbocycles. The minimum Gasteiger partial charge on any atom is -0.321 e. The number of aromatic nitrogens is 4. The van der Waals surface area contributed by atoms with Crippen LogP contribution in [-0.4, -0.2) is 25.7 Å². The smallest absolute Gasteiger partial charge is 0.255 e. The Hall–Kier alpha value is -3.32. The molecular formula is C19H15N5OS. The molecule has 26 heavy (non-hydrogen) atoms. The molecule has 6 nitrogen and oxygen atoms in total. The molecular weight excluding hydrogens is 346 g/mol. The molecule has 1 amide bonds. The average molecular weight is 361 g/mol. The van der Waals surface area contributed by atoms with Gasteiger partial charge in [0.25, 0.3) is 5.91 Å². The van der Waals surface area contributed by atoms with Gasteiger partial charge in [0.2, 0.25) is 0 Å². The Balaban J connectivity index is 1.62. The fourth-order valence-corrected chi connectivity index (χ4v) is 2.90. The lowest BCUT2D eigenvalue weighted by atomic mass is 10.1. The first-order valence-electron chi connectivity index (χ1n) is 7.99. The van der Waals surface area contributed by atoms with E-state index in [1.54, 1.807) is 17.0 Å². The summed E-state index contributed by atoms with van der Waals surface area (Å²) in [6.07, 6.45) is 3.28. The molecule has 128 valence electrons. The van der Waals surface area contributed by atoms with Crippen LogP contribution in [0.15, 0.2) is 60.9 Å². The number of hydrogen-bond donors (Lipinski definition) is 2. The van der Waals surface area contributed by atoms with E-state index in [1.165, 1.54) is 0 Å². The van der Waals surface area contributed by atoms with Gasteiger partial charge in [-0.25, -0.2) is 0 Å². The van der Waals surface area contributed by atoms with Crippen molar-refractivity contribution in [1.29, 1.82) is 0 Å². The number of amides is 1. The molecule has 0 saturated carbocycles. The molecule has 2 heterocycles. The van der Waals surface area contributed by atoms with Crippen LogP contribution < -0.4 is 5.32 Å². The van der Waals surface area contributed by atoms with Crippen molar-refractivity contribution in [1.82, 2.24) is 19.7 Å². The van der Waals surface area contributed by atoms with Crippen molar-refractivity contribution >= 4 is 34.6 Å². The summed E-state index contributed by atoms with van der Waals surface area (Å²) in [5.74, 6) is 0.467. The first-order chi connectivity index (χ1) is 12.6. The van der Waals surface area contributed by atoms with Gasteiger partial charge in [-0.3, -0.25) is 14.9 Å².